The van der Waals surface area contributed by atoms with Crippen LogP contribution in [0.2, 0.25) is 0 Å². The third kappa shape index (κ3) is 6.94. The molecule has 0 aliphatic heterocycles. The van der Waals surface area contributed by atoms with Crippen molar-refractivity contribution in [2.75, 3.05) is 19.6 Å². The fraction of sp³-hybridized carbons (Fsp3) is 0.533. The highest BCUT2D eigenvalue weighted by atomic mass is 16.2. The van der Waals surface area contributed by atoms with E-state index in [0.717, 1.165) is 6.54 Å². The molecule has 0 aromatic heterocycles. The quantitative estimate of drug-likeness (QED) is 0.815. The van der Waals surface area contributed by atoms with Gasteiger partial charge in [-0.05, 0) is 26.3 Å². The normalized spacial score (nSPS) is 11.6. The monoisotopic (exact) mass is 263 g/mol. The lowest BCUT2D eigenvalue weighted by atomic mass is 10.1. The molecule has 0 heterocycles. The van der Waals surface area contributed by atoms with Crippen LogP contribution in [0.5, 0.6) is 0 Å². The number of amides is 1. The fourth-order valence-electron chi connectivity index (χ4n) is 1.90. The molecule has 106 valence electrons. The van der Waals surface area contributed by atoms with Crippen molar-refractivity contribution in [2.24, 2.45) is 5.73 Å². The molecule has 0 saturated heterocycles. The summed E-state index contributed by atoms with van der Waals surface area (Å²) in [5, 5.41) is 2.97. The number of rotatable bonds is 6. The van der Waals surface area contributed by atoms with Crippen LogP contribution in [0.25, 0.3) is 0 Å². The predicted octanol–water partition coefficient (Wildman–Crippen LogP) is 1.36. The van der Waals surface area contributed by atoms with Crippen LogP contribution < -0.4 is 11.1 Å². The largest absolute Gasteiger partial charge is 0.350 e. The Morgan fingerprint density at radius 1 is 1.26 bits per heavy atom. The Morgan fingerprint density at radius 3 is 2.42 bits per heavy atom. The molecule has 0 fully saturated rings. The van der Waals surface area contributed by atoms with Gasteiger partial charge in [0.1, 0.15) is 0 Å². The number of carbonyl (C=O) groups excluding carboxylic acids is 1. The Kier molecular flexibility index (Phi) is 5.99. The summed E-state index contributed by atoms with van der Waals surface area (Å²) in [4.78, 5) is 14.0. The average molecular weight is 263 g/mol. The second kappa shape index (κ2) is 7.26. The van der Waals surface area contributed by atoms with E-state index >= 15 is 0 Å². The third-order valence-electron chi connectivity index (χ3n) is 2.58. The topological polar surface area (TPSA) is 58.4 Å². The number of hydrogen-bond acceptors (Lipinski definition) is 3. The van der Waals surface area contributed by atoms with Crippen molar-refractivity contribution in [3.63, 3.8) is 0 Å². The van der Waals surface area contributed by atoms with E-state index in [2.05, 4.69) is 22.3 Å². The van der Waals surface area contributed by atoms with E-state index in [1.807, 2.05) is 39.0 Å². The van der Waals surface area contributed by atoms with Gasteiger partial charge in [0.05, 0.1) is 6.54 Å². The minimum Gasteiger partial charge on any atom is -0.350 e. The minimum absolute atomic E-state index is 0.0388. The molecule has 0 radical (unpaired) electrons. The smallest absolute Gasteiger partial charge is 0.234 e. The molecule has 19 heavy (non-hydrogen) atoms. The molecule has 0 spiro atoms. The predicted molar refractivity (Wildman–Crippen MR) is 78.7 cm³/mol. The maximum Gasteiger partial charge on any atom is 0.234 e. The van der Waals surface area contributed by atoms with Crippen molar-refractivity contribution >= 4 is 5.91 Å². The minimum atomic E-state index is -0.196. The summed E-state index contributed by atoms with van der Waals surface area (Å²) in [7, 11) is 0. The molecule has 4 nitrogen and oxygen atoms in total. The van der Waals surface area contributed by atoms with Gasteiger partial charge >= 0.3 is 0 Å². The van der Waals surface area contributed by atoms with Gasteiger partial charge in [-0.2, -0.15) is 0 Å². The summed E-state index contributed by atoms with van der Waals surface area (Å²) in [6.07, 6.45) is 0. The molecule has 0 bridgehead atoms. The van der Waals surface area contributed by atoms with Gasteiger partial charge < -0.3 is 11.1 Å². The summed E-state index contributed by atoms with van der Waals surface area (Å²) < 4.78 is 0. The molecular formula is C15H25N3O. The zero-order valence-electron chi connectivity index (χ0n) is 12.1. The number of hydrogen-bond donors (Lipinski definition) is 2. The van der Waals surface area contributed by atoms with Crippen LogP contribution in [0.3, 0.4) is 0 Å². The molecular weight excluding hydrogens is 238 g/mol. The first-order valence-electron chi connectivity index (χ1n) is 6.68. The number of nitrogens with one attached hydrogen (secondary N) is 1. The van der Waals surface area contributed by atoms with Crippen molar-refractivity contribution in [3.8, 4) is 0 Å². The highest BCUT2D eigenvalue weighted by Crippen LogP contribution is 2.04. The van der Waals surface area contributed by atoms with Crippen LogP contribution in [0, 0.1) is 0 Å². The van der Waals surface area contributed by atoms with E-state index in [1.54, 1.807) is 0 Å². The number of benzene rings is 1. The van der Waals surface area contributed by atoms with Crippen LogP contribution in [0.4, 0.5) is 0 Å². The number of nitrogens with two attached hydrogens (primary N) is 1. The van der Waals surface area contributed by atoms with Crippen LogP contribution >= 0.6 is 0 Å². The first kappa shape index (κ1) is 15.7. The molecule has 1 amide bonds. The van der Waals surface area contributed by atoms with Gasteiger partial charge in [-0.3, -0.25) is 9.69 Å². The SMILES string of the molecule is CC(C)(C)NC(=O)CN(CCN)Cc1ccccc1. The first-order valence-corrected chi connectivity index (χ1v) is 6.68. The highest BCUT2D eigenvalue weighted by molar-refractivity contribution is 5.78. The van der Waals surface area contributed by atoms with Crippen molar-refractivity contribution in [1.29, 1.82) is 0 Å². The van der Waals surface area contributed by atoms with Crippen LogP contribution in [0.15, 0.2) is 30.3 Å². The lowest BCUT2D eigenvalue weighted by Crippen LogP contribution is -2.46. The van der Waals surface area contributed by atoms with Crippen LogP contribution in [-0.4, -0.2) is 36.0 Å². The molecule has 0 aliphatic carbocycles. The summed E-state index contributed by atoms with van der Waals surface area (Å²) in [6, 6.07) is 10.1. The van der Waals surface area contributed by atoms with Crippen LogP contribution in [-0.2, 0) is 11.3 Å². The zero-order valence-corrected chi connectivity index (χ0v) is 12.1. The maximum absolute atomic E-state index is 11.9. The van der Waals surface area contributed by atoms with E-state index < -0.39 is 0 Å². The molecule has 0 unspecified atom stereocenters. The zero-order chi connectivity index (χ0) is 14.3. The van der Waals surface area contributed by atoms with Crippen LogP contribution in [0.1, 0.15) is 26.3 Å². The van der Waals surface area contributed by atoms with E-state index in [-0.39, 0.29) is 11.4 Å². The highest BCUT2D eigenvalue weighted by Gasteiger charge is 2.16. The molecule has 1 rings (SSSR count). The summed E-state index contributed by atoms with van der Waals surface area (Å²) in [5.41, 5.74) is 6.61. The lowest BCUT2D eigenvalue weighted by molar-refractivity contribution is -0.123. The lowest BCUT2D eigenvalue weighted by Gasteiger charge is -2.25. The Hall–Kier alpha value is -1.39. The fourth-order valence-corrected chi connectivity index (χ4v) is 1.90. The van der Waals surface area contributed by atoms with E-state index in [0.29, 0.717) is 19.6 Å². The second-order valence-corrected chi connectivity index (χ2v) is 5.78. The van der Waals surface area contributed by atoms with Crippen molar-refractivity contribution in [1.82, 2.24) is 10.2 Å². The molecule has 0 aliphatic rings. The Labute approximate surface area is 116 Å². The Morgan fingerprint density at radius 2 is 1.89 bits per heavy atom. The Bertz CT molecular complexity index is 384. The first-order chi connectivity index (χ1) is 8.90. The average Bonchev–Trinajstić information content (AvgIpc) is 2.27. The van der Waals surface area contributed by atoms with Crippen molar-refractivity contribution in [3.05, 3.63) is 35.9 Å². The maximum atomic E-state index is 11.9. The molecule has 1 aromatic carbocycles. The molecule has 3 N–H and O–H groups in total. The summed E-state index contributed by atoms with van der Waals surface area (Å²) in [6.45, 7) is 8.33. The standard InChI is InChI=1S/C15H25N3O/c1-15(2,3)17-14(19)12-18(10-9-16)11-13-7-5-4-6-8-13/h4-8H,9-12,16H2,1-3H3,(H,17,19). The molecule has 0 saturated carbocycles. The molecule has 0 atom stereocenters. The van der Waals surface area contributed by atoms with Gasteiger partial charge in [-0.15, -0.1) is 0 Å². The summed E-state index contributed by atoms with van der Waals surface area (Å²) >= 11 is 0. The second-order valence-electron chi connectivity index (χ2n) is 5.78. The van der Waals surface area contributed by atoms with Gasteiger partial charge in [-0.25, -0.2) is 0 Å². The van der Waals surface area contributed by atoms with E-state index in [1.165, 1.54) is 5.56 Å². The van der Waals surface area contributed by atoms with Crippen molar-refractivity contribution < 1.29 is 4.79 Å². The molecule has 1 aromatic rings. The Balaban J connectivity index is 2.55. The van der Waals surface area contributed by atoms with Gasteiger partial charge in [0, 0.05) is 25.2 Å². The van der Waals surface area contributed by atoms with Gasteiger partial charge in [0.15, 0.2) is 0 Å². The number of carbonyl (C=O) groups is 1. The number of nitrogens with zero attached hydrogens (tertiary/aromatic N) is 1. The van der Waals surface area contributed by atoms with Gasteiger partial charge in [0.25, 0.3) is 0 Å². The van der Waals surface area contributed by atoms with Crippen molar-refractivity contribution in [2.45, 2.75) is 32.9 Å². The van der Waals surface area contributed by atoms with E-state index in [4.69, 9.17) is 5.73 Å². The van der Waals surface area contributed by atoms with E-state index in [9.17, 15) is 4.79 Å². The van der Waals surface area contributed by atoms with Gasteiger partial charge in [0.2, 0.25) is 5.91 Å². The van der Waals surface area contributed by atoms with Gasteiger partial charge in [-0.1, -0.05) is 30.3 Å². The third-order valence-corrected chi connectivity index (χ3v) is 2.58. The summed E-state index contributed by atoms with van der Waals surface area (Å²) in [5.74, 6) is 0.0388. The molecule has 4 heteroatoms.